The molecule has 2 heterocycles. The molecule has 10 nitrogen and oxygen atoms in total. The zero-order valence-corrected chi connectivity index (χ0v) is 24.6. The average Bonchev–Trinajstić information content (AvgIpc) is 3.37. The fourth-order valence-electron chi connectivity index (χ4n) is 5.74. The molecule has 0 atom stereocenters. The largest absolute Gasteiger partial charge is 0.302 e. The van der Waals surface area contributed by atoms with Crippen molar-refractivity contribution in [2.24, 2.45) is 0 Å². The Morgan fingerprint density at radius 3 is 1.32 bits per heavy atom. The van der Waals surface area contributed by atoms with Crippen LogP contribution in [0.5, 0.6) is 0 Å². The first kappa shape index (κ1) is 29.0. The molecule has 5 rings (SSSR count). The molecule has 2 aliphatic heterocycles. The molecular formula is C28H36N4O6S2. The van der Waals surface area contributed by atoms with E-state index in [9.17, 15) is 26.4 Å². The summed E-state index contributed by atoms with van der Waals surface area (Å²) in [4.78, 5) is 31.3. The molecule has 2 aromatic carbocycles. The fraction of sp³-hybridized carbons (Fsp3) is 0.500. The van der Waals surface area contributed by atoms with Crippen molar-refractivity contribution in [1.82, 2.24) is 18.4 Å². The van der Waals surface area contributed by atoms with Crippen molar-refractivity contribution in [3.8, 4) is 0 Å². The van der Waals surface area contributed by atoms with E-state index in [1.807, 2.05) is 13.8 Å². The maximum absolute atomic E-state index is 13.5. The Hall–Kier alpha value is -2.48. The van der Waals surface area contributed by atoms with Crippen LogP contribution in [0, 0.1) is 0 Å². The second-order valence-corrected chi connectivity index (χ2v) is 14.3. The van der Waals surface area contributed by atoms with Crippen LogP contribution in [-0.4, -0.2) is 112 Å². The molecule has 0 amide bonds. The van der Waals surface area contributed by atoms with Gasteiger partial charge in [-0.3, -0.25) is 9.59 Å². The smallest absolute Gasteiger partial charge is 0.243 e. The average molecular weight is 589 g/mol. The van der Waals surface area contributed by atoms with E-state index < -0.39 is 31.6 Å². The summed E-state index contributed by atoms with van der Waals surface area (Å²) in [6, 6.07) is 8.05. The van der Waals surface area contributed by atoms with Crippen LogP contribution in [0.4, 0.5) is 0 Å². The normalized spacial score (nSPS) is 20.6. The minimum atomic E-state index is -3.86. The van der Waals surface area contributed by atoms with Gasteiger partial charge in [-0.25, -0.2) is 16.8 Å². The Bertz CT molecular complexity index is 1420. The molecule has 2 fully saturated rings. The second kappa shape index (κ2) is 11.4. The molecule has 0 saturated carbocycles. The SMILES string of the molecule is CCN1CCCN(S(=O)(=O)c2ccc3c(c2)C(=O)c2ccc(S(=O)(=O)N4CCCN(CC)CC4)cc2C3=O)CC1. The van der Waals surface area contributed by atoms with E-state index in [2.05, 4.69) is 9.80 Å². The number of ketones is 2. The first-order chi connectivity index (χ1) is 19.1. The summed E-state index contributed by atoms with van der Waals surface area (Å²) in [6.07, 6.45) is 1.42. The van der Waals surface area contributed by atoms with E-state index in [1.54, 1.807) is 0 Å². The monoisotopic (exact) mass is 588 g/mol. The summed E-state index contributed by atoms with van der Waals surface area (Å²) in [5, 5.41) is 0. The highest BCUT2D eigenvalue weighted by atomic mass is 32.2. The van der Waals surface area contributed by atoms with E-state index in [0.29, 0.717) is 52.1 Å². The van der Waals surface area contributed by atoms with Gasteiger partial charge in [-0.15, -0.1) is 0 Å². The van der Waals surface area contributed by atoms with Gasteiger partial charge in [-0.1, -0.05) is 13.8 Å². The standard InChI is InChI=1S/C28H36N4O6S2/c1-3-29-11-5-13-31(17-15-29)39(35,36)21-7-9-23-25(19-21)27(33)24-10-8-22(20-26(24)28(23)34)40(37,38)32-14-6-12-30(4-2)16-18-32/h7-10,19-20H,3-6,11-18H2,1-2H3. The summed E-state index contributed by atoms with van der Waals surface area (Å²) in [7, 11) is -7.72. The van der Waals surface area contributed by atoms with E-state index in [0.717, 1.165) is 26.2 Å². The molecular weight excluding hydrogens is 552 g/mol. The van der Waals surface area contributed by atoms with Crippen LogP contribution in [0.25, 0.3) is 0 Å². The molecule has 0 radical (unpaired) electrons. The fourth-order valence-corrected chi connectivity index (χ4v) is 8.73. The van der Waals surface area contributed by atoms with Gasteiger partial charge in [0, 0.05) is 61.5 Å². The van der Waals surface area contributed by atoms with Gasteiger partial charge in [0.1, 0.15) is 0 Å². The highest BCUT2D eigenvalue weighted by molar-refractivity contribution is 7.89. The van der Waals surface area contributed by atoms with Crippen LogP contribution in [0.1, 0.15) is 58.5 Å². The van der Waals surface area contributed by atoms with Gasteiger partial charge in [-0.05, 0) is 75.4 Å². The Morgan fingerprint density at radius 1 is 0.550 bits per heavy atom. The van der Waals surface area contributed by atoms with Crippen LogP contribution in [0.15, 0.2) is 46.2 Å². The van der Waals surface area contributed by atoms with E-state index in [1.165, 1.54) is 45.0 Å². The molecule has 0 aromatic heterocycles. The zero-order chi connectivity index (χ0) is 28.7. The van der Waals surface area contributed by atoms with Crippen molar-refractivity contribution >= 4 is 31.6 Å². The molecule has 40 heavy (non-hydrogen) atoms. The lowest BCUT2D eigenvalue weighted by Crippen LogP contribution is -2.35. The predicted molar refractivity (Wildman–Crippen MR) is 151 cm³/mol. The summed E-state index contributed by atoms with van der Waals surface area (Å²) < 4.78 is 56.7. The van der Waals surface area contributed by atoms with Gasteiger partial charge in [0.05, 0.1) is 9.79 Å². The first-order valence-electron chi connectivity index (χ1n) is 13.9. The lowest BCUT2D eigenvalue weighted by molar-refractivity contribution is 0.0978. The molecule has 2 saturated heterocycles. The highest BCUT2D eigenvalue weighted by Gasteiger charge is 2.35. The van der Waals surface area contributed by atoms with Crippen LogP contribution in [-0.2, 0) is 20.0 Å². The van der Waals surface area contributed by atoms with Crippen molar-refractivity contribution in [2.45, 2.75) is 36.5 Å². The molecule has 3 aliphatic rings. The van der Waals surface area contributed by atoms with Crippen molar-refractivity contribution in [2.75, 3.05) is 65.4 Å². The number of rotatable bonds is 6. The number of fused-ring (bicyclic) bond motifs is 2. The maximum Gasteiger partial charge on any atom is 0.243 e. The predicted octanol–water partition coefficient (Wildman–Crippen LogP) is 1.89. The summed E-state index contributed by atoms with van der Waals surface area (Å²) in [5.41, 5.74) is 0.192. The van der Waals surface area contributed by atoms with Crippen molar-refractivity contribution in [3.05, 3.63) is 58.7 Å². The number of sulfonamides is 2. The Kier molecular flexibility index (Phi) is 8.29. The third-order valence-electron chi connectivity index (χ3n) is 8.23. The third-order valence-corrected chi connectivity index (χ3v) is 12.0. The van der Waals surface area contributed by atoms with Crippen molar-refractivity contribution in [3.63, 3.8) is 0 Å². The summed E-state index contributed by atoms with van der Waals surface area (Å²) in [5.74, 6) is -0.987. The Balaban J connectivity index is 1.43. The quantitative estimate of drug-likeness (QED) is 0.429. The molecule has 12 heteroatoms. The van der Waals surface area contributed by atoms with Crippen LogP contribution >= 0.6 is 0 Å². The molecule has 2 aromatic rings. The van der Waals surface area contributed by atoms with E-state index in [4.69, 9.17) is 0 Å². The summed E-state index contributed by atoms with van der Waals surface area (Å²) in [6.45, 7) is 10.2. The van der Waals surface area contributed by atoms with Crippen molar-refractivity contribution < 1.29 is 26.4 Å². The Morgan fingerprint density at radius 2 is 0.950 bits per heavy atom. The highest BCUT2D eigenvalue weighted by Crippen LogP contribution is 2.32. The molecule has 1 aliphatic carbocycles. The number of nitrogens with zero attached hydrogens (tertiary/aromatic N) is 4. The van der Waals surface area contributed by atoms with Gasteiger partial charge >= 0.3 is 0 Å². The number of hydrogen-bond acceptors (Lipinski definition) is 8. The topological polar surface area (TPSA) is 115 Å². The maximum atomic E-state index is 13.5. The lowest BCUT2D eigenvalue weighted by atomic mass is 9.84. The number of benzene rings is 2. The number of carbonyl (C=O) groups is 2. The minimum absolute atomic E-state index is 0.0198. The van der Waals surface area contributed by atoms with Crippen LogP contribution in [0.3, 0.4) is 0 Å². The first-order valence-corrected chi connectivity index (χ1v) is 16.8. The Labute approximate surface area is 236 Å². The molecule has 0 N–H and O–H groups in total. The lowest BCUT2D eigenvalue weighted by Gasteiger charge is -2.24. The van der Waals surface area contributed by atoms with Gasteiger partial charge in [0.15, 0.2) is 11.6 Å². The molecule has 0 unspecified atom stereocenters. The minimum Gasteiger partial charge on any atom is -0.302 e. The van der Waals surface area contributed by atoms with Gasteiger partial charge in [-0.2, -0.15) is 8.61 Å². The van der Waals surface area contributed by atoms with E-state index >= 15 is 0 Å². The van der Waals surface area contributed by atoms with Gasteiger partial charge < -0.3 is 9.80 Å². The summed E-state index contributed by atoms with van der Waals surface area (Å²) >= 11 is 0. The number of hydrogen-bond donors (Lipinski definition) is 0. The van der Waals surface area contributed by atoms with Crippen molar-refractivity contribution in [1.29, 1.82) is 0 Å². The molecule has 216 valence electrons. The molecule has 0 spiro atoms. The van der Waals surface area contributed by atoms with Crippen LogP contribution < -0.4 is 0 Å². The number of carbonyl (C=O) groups excluding carboxylic acids is 2. The zero-order valence-electron chi connectivity index (χ0n) is 23.0. The second-order valence-electron chi connectivity index (χ2n) is 10.5. The van der Waals surface area contributed by atoms with Crippen LogP contribution in [0.2, 0.25) is 0 Å². The number of likely N-dealkylation sites (N-methyl/N-ethyl adjacent to an activating group) is 2. The third kappa shape index (κ3) is 5.28. The van der Waals surface area contributed by atoms with Gasteiger partial charge in [0.2, 0.25) is 20.0 Å². The van der Waals surface area contributed by atoms with Gasteiger partial charge in [0.25, 0.3) is 0 Å². The van der Waals surface area contributed by atoms with E-state index in [-0.39, 0.29) is 32.0 Å². The molecule has 0 bridgehead atoms.